The lowest BCUT2D eigenvalue weighted by Crippen LogP contribution is -2.33. The molecule has 1 aromatic rings. The van der Waals surface area contributed by atoms with Gasteiger partial charge in [-0.15, -0.1) is 6.58 Å². The standard InChI is InChI=1S/C13H12BrN3O3/c1-2-3-17-10(12(15)16-13(17)18)7-4-8(14)11-9(5-7)19-6-20-11/h2,4-5,10H,1,3,6H2,(H2,15,16,18). The van der Waals surface area contributed by atoms with Crippen LogP contribution in [0.2, 0.25) is 0 Å². The zero-order chi connectivity index (χ0) is 14.3. The fraction of sp³-hybridized carbons (Fsp3) is 0.231. The quantitative estimate of drug-likeness (QED) is 0.857. The van der Waals surface area contributed by atoms with Crippen LogP contribution in [0.25, 0.3) is 0 Å². The Labute approximate surface area is 124 Å². The van der Waals surface area contributed by atoms with Crippen LogP contribution in [-0.2, 0) is 0 Å². The number of hydrogen-bond acceptors (Lipinski definition) is 4. The Morgan fingerprint density at radius 3 is 3.10 bits per heavy atom. The number of halogens is 1. The summed E-state index contributed by atoms with van der Waals surface area (Å²) in [6.45, 7) is 4.20. The minimum absolute atomic E-state index is 0.181. The second-order valence-electron chi connectivity index (χ2n) is 4.40. The fourth-order valence-corrected chi connectivity index (χ4v) is 2.90. The summed E-state index contributed by atoms with van der Waals surface area (Å²) in [4.78, 5) is 17.2. The molecule has 0 aromatic heterocycles. The number of carbonyl (C=O) groups excluding carboxylic acids is 1. The SMILES string of the molecule is C=CCN1C(=O)N=C(N)C1c1cc(Br)c2c(c1)OCO2. The van der Waals surface area contributed by atoms with Crippen LogP contribution in [0.4, 0.5) is 4.79 Å². The predicted octanol–water partition coefficient (Wildman–Crippen LogP) is 2.20. The summed E-state index contributed by atoms with van der Waals surface area (Å²) in [5, 5.41) is 0. The summed E-state index contributed by atoms with van der Waals surface area (Å²) in [7, 11) is 0. The molecule has 20 heavy (non-hydrogen) atoms. The van der Waals surface area contributed by atoms with Gasteiger partial charge in [-0.2, -0.15) is 4.99 Å². The molecule has 0 saturated heterocycles. The first-order valence-electron chi connectivity index (χ1n) is 5.96. The van der Waals surface area contributed by atoms with Gasteiger partial charge in [0.2, 0.25) is 6.79 Å². The molecule has 2 N–H and O–H groups in total. The van der Waals surface area contributed by atoms with Gasteiger partial charge in [-0.05, 0) is 33.6 Å². The fourth-order valence-electron chi connectivity index (χ4n) is 2.32. The number of ether oxygens (including phenoxy) is 2. The number of aliphatic imine (C=N–C) groups is 1. The molecule has 0 fully saturated rings. The van der Waals surface area contributed by atoms with Crippen LogP contribution in [-0.4, -0.2) is 30.1 Å². The van der Waals surface area contributed by atoms with E-state index in [1.54, 1.807) is 11.0 Å². The molecule has 0 saturated carbocycles. The molecule has 2 aliphatic heterocycles. The molecule has 6 nitrogen and oxygen atoms in total. The Morgan fingerprint density at radius 2 is 2.35 bits per heavy atom. The van der Waals surface area contributed by atoms with Crippen molar-refractivity contribution in [1.82, 2.24) is 4.90 Å². The number of amides is 2. The minimum Gasteiger partial charge on any atom is -0.454 e. The van der Waals surface area contributed by atoms with Crippen molar-refractivity contribution < 1.29 is 14.3 Å². The van der Waals surface area contributed by atoms with Crippen LogP contribution in [0.1, 0.15) is 11.6 Å². The molecule has 1 atom stereocenters. The summed E-state index contributed by atoms with van der Waals surface area (Å²) >= 11 is 3.43. The number of urea groups is 1. The molecule has 7 heteroatoms. The van der Waals surface area contributed by atoms with Crippen LogP contribution >= 0.6 is 15.9 Å². The van der Waals surface area contributed by atoms with E-state index in [2.05, 4.69) is 27.5 Å². The van der Waals surface area contributed by atoms with Crippen molar-refractivity contribution in [3.63, 3.8) is 0 Å². The van der Waals surface area contributed by atoms with Gasteiger partial charge in [-0.3, -0.25) is 0 Å². The topological polar surface area (TPSA) is 77.2 Å². The number of hydrogen-bond donors (Lipinski definition) is 1. The highest BCUT2D eigenvalue weighted by atomic mass is 79.9. The van der Waals surface area contributed by atoms with Gasteiger partial charge in [-0.25, -0.2) is 4.79 Å². The van der Waals surface area contributed by atoms with E-state index in [-0.39, 0.29) is 18.7 Å². The molecule has 2 heterocycles. The predicted molar refractivity (Wildman–Crippen MR) is 76.9 cm³/mol. The highest BCUT2D eigenvalue weighted by Gasteiger charge is 2.35. The van der Waals surface area contributed by atoms with Crippen molar-refractivity contribution in [3.8, 4) is 11.5 Å². The van der Waals surface area contributed by atoms with Crippen LogP contribution in [0.5, 0.6) is 11.5 Å². The number of amidine groups is 1. The lowest BCUT2D eigenvalue weighted by molar-refractivity contribution is 0.173. The number of nitrogens with two attached hydrogens (primary N) is 1. The Kier molecular flexibility index (Phi) is 3.13. The maximum atomic E-state index is 11.8. The first-order valence-corrected chi connectivity index (χ1v) is 6.75. The van der Waals surface area contributed by atoms with Gasteiger partial charge < -0.3 is 20.1 Å². The Balaban J connectivity index is 2.03. The smallest absolute Gasteiger partial charge is 0.346 e. The lowest BCUT2D eigenvalue weighted by Gasteiger charge is -2.23. The zero-order valence-electron chi connectivity index (χ0n) is 10.5. The van der Waals surface area contributed by atoms with E-state index in [1.807, 2.05) is 12.1 Å². The van der Waals surface area contributed by atoms with Crippen LogP contribution in [0, 0.1) is 0 Å². The summed E-state index contributed by atoms with van der Waals surface area (Å²) in [6.07, 6.45) is 1.64. The number of carbonyl (C=O) groups is 1. The van der Waals surface area contributed by atoms with Gasteiger partial charge in [0, 0.05) is 6.54 Å². The van der Waals surface area contributed by atoms with Gasteiger partial charge in [0.1, 0.15) is 11.9 Å². The molecular formula is C13H12BrN3O3. The molecule has 1 unspecified atom stereocenters. The maximum Gasteiger partial charge on any atom is 0.346 e. The first kappa shape index (κ1) is 13.0. The first-order chi connectivity index (χ1) is 9.61. The van der Waals surface area contributed by atoms with E-state index in [0.717, 1.165) is 10.0 Å². The Bertz CT molecular complexity index is 630. The third kappa shape index (κ3) is 1.94. The minimum atomic E-state index is -0.411. The molecule has 0 radical (unpaired) electrons. The highest BCUT2D eigenvalue weighted by molar-refractivity contribution is 9.10. The maximum absolute atomic E-state index is 11.8. The molecule has 0 aliphatic carbocycles. The van der Waals surface area contributed by atoms with E-state index in [9.17, 15) is 4.79 Å². The summed E-state index contributed by atoms with van der Waals surface area (Å²) in [6, 6.07) is 2.90. The normalized spacial score (nSPS) is 20.2. The average Bonchev–Trinajstić information content (AvgIpc) is 2.96. The van der Waals surface area contributed by atoms with Crippen molar-refractivity contribution in [1.29, 1.82) is 0 Å². The van der Waals surface area contributed by atoms with Crippen molar-refractivity contribution in [2.75, 3.05) is 13.3 Å². The van der Waals surface area contributed by atoms with Gasteiger partial charge in [0.05, 0.1) is 4.47 Å². The van der Waals surface area contributed by atoms with E-state index < -0.39 is 6.04 Å². The van der Waals surface area contributed by atoms with E-state index >= 15 is 0 Å². The number of benzene rings is 1. The van der Waals surface area contributed by atoms with Gasteiger partial charge in [0.15, 0.2) is 11.5 Å². The summed E-state index contributed by atoms with van der Waals surface area (Å²) < 4.78 is 11.5. The monoisotopic (exact) mass is 337 g/mol. The average molecular weight is 338 g/mol. The van der Waals surface area contributed by atoms with E-state index in [1.165, 1.54) is 0 Å². The third-order valence-corrected chi connectivity index (χ3v) is 3.74. The van der Waals surface area contributed by atoms with E-state index in [0.29, 0.717) is 18.0 Å². The van der Waals surface area contributed by atoms with Crippen LogP contribution in [0.3, 0.4) is 0 Å². The second kappa shape index (κ2) is 4.82. The summed E-state index contributed by atoms with van der Waals surface area (Å²) in [5.41, 5.74) is 6.70. The largest absolute Gasteiger partial charge is 0.454 e. The lowest BCUT2D eigenvalue weighted by atomic mass is 10.0. The molecule has 0 spiro atoms. The molecule has 2 amide bonds. The second-order valence-corrected chi connectivity index (χ2v) is 5.25. The molecule has 104 valence electrons. The zero-order valence-corrected chi connectivity index (χ0v) is 12.1. The molecule has 2 aliphatic rings. The Hall–Kier alpha value is -2.02. The van der Waals surface area contributed by atoms with Crippen molar-refractivity contribution >= 4 is 27.8 Å². The van der Waals surface area contributed by atoms with Crippen molar-refractivity contribution in [2.24, 2.45) is 10.7 Å². The number of fused-ring (bicyclic) bond motifs is 1. The van der Waals surface area contributed by atoms with Crippen molar-refractivity contribution in [3.05, 3.63) is 34.8 Å². The van der Waals surface area contributed by atoms with Crippen molar-refractivity contribution in [2.45, 2.75) is 6.04 Å². The molecule has 1 aromatic carbocycles. The summed E-state index contributed by atoms with van der Waals surface area (Å²) in [5.74, 6) is 1.55. The highest BCUT2D eigenvalue weighted by Crippen LogP contribution is 2.42. The number of nitrogens with zero attached hydrogens (tertiary/aromatic N) is 2. The molecule has 3 rings (SSSR count). The van der Waals surface area contributed by atoms with Crippen LogP contribution < -0.4 is 15.2 Å². The van der Waals surface area contributed by atoms with Gasteiger partial charge >= 0.3 is 6.03 Å². The van der Waals surface area contributed by atoms with Crippen LogP contribution in [0.15, 0.2) is 34.3 Å². The van der Waals surface area contributed by atoms with E-state index in [4.69, 9.17) is 15.2 Å². The Morgan fingerprint density at radius 1 is 1.55 bits per heavy atom. The third-order valence-electron chi connectivity index (χ3n) is 3.15. The molecular weight excluding hydrogens is 326 g/mol. The number of rotatable bonds is 3. The van der Waals surface area contributed by atoms with Gasteiger partial charge in [0.25, 0.3) is 0 Å². The van der Waals surface area contributed by atoms with Gasteiger partial charge in [-0.1, -0.05) is 6.08 Å². The molecule has 0 bridgehead atoms.